The number of fused-ring (bicyclic) bond motifs is 3. The Kier molecular flexibility index (Phi) is 4.84. The molecule has 0 bridgehead atoms. The first kappa shape index (κ1) is 16.7. The number of thiazole rings is 1. The van der Waals surface area contributed by atoms with Crippen LogP contribution < -0.4 is 14.8 Å². The zero-order valence-electron chi connectivity index (χ0n) is 15.0. The van der Waals surface area contributed by atoms with Crippen molar-refractivity contribution in [2.24, 2.45) is 11.8 Å². The van der Waals surface area contributed by atoms with Crippen LogP contribution in [0.25, 0.3) is 11.3 Å². The number of rotatable bonds is 4. The van der Waals surface area contributed by atoms with Crippen LogP contribution in [-0.2, 0) is 6.42 Å². The minimum atomic E-state index is 0.669. The molecule has 4 nitrogen and oxygen atoms in total. The summed E-state index contributed by atoms with van der Waals surface area (Å²) >= 11 is 1.77. The molecule has 1 saturated carbocycles. The molecule has 0 amide bonds. The number of nitrogens with one attached hydrogen (secondary N) is 1. The molecule has 0 saturated heterocycles. The van der Waals surface area contributed by atoms with E-state index in [4.69, 9.17) is 14.5 Å². The van der Waals surface area contributed by atoms with Gasteiger partial charge in [-0.2, -0.15) is 0 Å². The van der Waals surface area contributed by atoms with Crippen LogP contribution in [0.2, 0.25) is 0 Å². The van der Waals surface area contributed by atoms with Gasteiger partial charge in [0.1, 0.15) is 0 Å². The fraction of sp³-hybridized carbons (Fsp3) is 0.550. The summed E-state index contributed by atoms with van der Waals surface area (Å²) in [5.41, 5.74) is 2.10. The molecule has 4 rings (SSSR count). The summed E-state index contributed by atoms with van der Waals surface area (Å²) in [5, 5.41) is 4.64. The van der Waals surface area contributed by atoms with Crippen LogP contribution >= 0.6 is 11.3 Å². The number of ether oxygens (including phenoxy) is 2. The van der Waals surface area contributed by atoms with E-state index in [0.717, 1.165) is 52.7 Å². The molecule has 2 heterocycles. The highest BCUT2D eigenvalue weighted by molar-refractivity contribution is 7.16. The SMILES string of the molecule is COc1cccc2c1OCCc1sc(NCC3CCC(C)CC3)nc1-2. The Bertz CT molecular complexity index is 735. The fourth-order valence-corrected chi connectivity index (χ4v) is 4.79. The van der Waals surface area contributed by atoms with Crippen LogP contribution in [0.4, 0.5) is 5.13 Å². The van der Waals surface area contributed by atoms with Gasteiger partial charge in [-0.15, -0.1) is 11.3 Å². The first-order chi connectivity index (χ1) is 12.2. The molecular weight excluding hydrogens is 332 g/mol. The lowest BCUT2D eigenvalue weighted by Crippen LogP contribution is -2.20. The molecule has 5 heteroatoms. The molecule has 1 aliphatic heterocycles. The van der Waals surface area contributed by atoms with E-state index in [1.165, 1.54) is 30.6 Å². The third kappa shape index (κ3) is 3.47. The first-order valence-electron chi connectivity index (χ1n) is 9.28. The molecule has 2 aromatic rings. The summed E-state index contributed by atoms with van der Waals surface area (Å²) in [6.45, 7) is 4.08. The van der Waals surface area contributed by atoms with E-state index in [9.17, 15) is 0 Å². The lowest BCUT2D eigenvalue weighted by molar-refractivity contribution is 0.300. The number of methoxy groups -OCH3 is 1. The Balaban J connectivity index is 1.53. The van der Waals surface area contributed by atoms with Crippen molar-refractivity contribution in [1.29, 1.82) is 0 Å². The molecule has 0 spiro atoms. The van der Waals surface area contributed by atoms with Crippen molar-refractivity contribution in [3.8, 4) is 22.8 Å². The Hall–Kier alpha value is -1.75. The Morgan fingerprint density at radius 3 is 2.92 bits per heavy atom. The molecule has 0 unspecified atom stereocenters. The van der Waals surface area contributed by atoms with Crippen molar-refractivity contribution < 1.29 is 9.47 Å². The number of anilines is 1. The van der Waals surface area contributed by atoms with Crippen molar-refractivity contribution in [1.82, 2.24) is 4.98 Å². The van der Waals surface area contributed by atoms with Crippen LogP contribution in [0, 0.1) is 11.8 Å². The highest BCUT2D eigenvalue weighted by Gasteiger charge is 2.23. The van der Waals surface area contributed by atoms with Gasteiger partial charge in [-0.3, -0.25) is 0 Å². The molecule has 1 N–H and O–H groups in total. The van der Waals surface area contributed by atoms with Crippen molar-refractivity contribution in [3.05, 3.63) is 23.1 Å². The monoisotopic (exact) mass is 358 g/mol. The topological polar surface area (TPSA) is 43.4 Å². The average Bonchev–Trinajstić information content (AvgIpc) is 2.96. The number of benzene rings is 1. The zero-order chi connectivity index (χ0) is 17.2. The van der Waals surface area contributed by atoms with Gasteiger partial charge < -0.3 is 14.8 Å². The third-order valence-corrected chi connectivity index (χ3v) is 6.48. The van der Waals surface area contributed by atoms with E-state index in [1.807, 2.05) is 12.1 Å². The molecular formula is C20H26N2O2S. The fourth-order valence-electron chi connectivity index (χ4n) is 3.83. The maximum absolute atomic E-state index is 5.94. The second-order valence-corrected chi connectivity index (χ2v) is 8.32. The van der Waals surface area contributed by atoms with Crippen LogP contribution in [0.1, 0.15) is 37.5 Å². The van der Waals surface area contributed by atoms with E-state index in [0.29, 0.717) is 6.61 Å². The third-order valence-electron chi connectivity index (χ3n) is 5.40. The smallest absolute Gasteiger partial charge is 0.183 e. The highest BCUT2D eigenvalue weighted by atomic mass is 32.1. The molecule has 1 fully saturated rings. The molecule has 134 valence electrons. The number of hydrogen-bond acceptors (Lipinski definition) is 5. The Morgan fingerprint density at radius 1 is 1.28 bits per heavy atom. The van der Waals surface area contributed by atoms with Gasteiger partial charge in [0.2, 0.25) is 0 Å². The van der Waals surface area contributed by atoms with Gasteiger partial charge in [0.05, 0.1) is 19.4 Å². The predicted molar refractivity (Wildman–Crippen MR) is 103 cm³/mol. The van der Waals surface area contributed by atoms with Crippen LogP contribution in [0.3, 0.4) is 0 Å². The largest absolute Gasteiger partial charge is 0.493 e. The van der Waals surface area contributed by atoms with Crippen molar-refractivity contribution in [3.63, 3.8) is 0 Å². The zero-order valence-corrected chi connectivity index (χ0v) is 15.8. The first-order valence-corrected chi connectivity index (χ1v) is 10.1. The Morgan fingerprint density at radius 2 is 2.12 bits per heavy atom. The second-order valence-electron chi connectivity index (χ2n) is 7.23. The molecule has 1 aromatic heterocycles. The van der Waals surface area contributed by atoms with E-state index in [1.54, 1.807) is 18.4 Å². The summed E-state index contributed by atoms with van der Waals surface area (Å²) in [7, 11) is 1.68. The Labute approximate surface area is 153 Å². The van der Waals surface area contributed by atoms with Gasteiger partial charge in [0.15, 0.2) is 16.6 Å². The second kappa shape index (κ2) is 7.24. The van der Waals surface area contributed by atoms with E-state index in [-0.39, 0.29) is 0 Å². The van der Waals surface area contributed by atoms with Crippen molar-refractivity contribution in [2.45, 2.75) is 39.0 Å². The molecule has 1 aromatic carbocycles. The van der Waals surface area contributed by atoms with Crippen molar-refractivity contribution in [2.75, 3.05) is 25.6 Å². The van der Waals surface area contributed by atoms with E-state index >= 15 is 0 Å². The molecule has 2 aliphatic rings. The lowest BCUT2D eigenvalue weighted by atomic mass is 9.83. The van der Waals surface area contributed by atoms with E-state index < -0.39 is 0 Å². The number of aromatic nitrogens is 1. The summed E-state index contributed by atoms with van der Waals surface area (Å²) < 4.78 is 11.4. The molecule has 1 aliphatic carbocycles. The number of nitrogens with zero attached hydrogens (tertiary/aromatic N) is 1. The number of hydrogen-bond donors (Lipinski definition) is 1. The summed E-state index contributed by atoms with van der Waals surface area (Å²) in [6.07, 6.45) is 6.31. The predicted octanol–water partition coefficient (Wildman–Crippen LogP) is 4.99. The van der Waals surface area contributed by atoms with Crippen molar-refractivity contribution >= 4 is 16.5 Å². The highest BCUT2D eigenvalue weighted by Crippen LogP contribution is 2.43. The summed E-state index contributed by atoms with van der Waals surface area (Å²) in [6, 6.07) is 6.03. The lowest BCUT2D eigenvalue weighted by Gasteiger charge is -2.26. The van der Waals surface area contributed by atoms with E-state index in [2.05, 4.69) is 18.3 Å². The molecule has 0 atom stereocenters. The maximum Gasteiger partial charge on any atom is 0.183 e. The van der Waals surface area contributed by atoms with Gasteiger partial charge in [0.25, 0.3) is 0 Å². The average molecular weight is 359 g/mol. The minimum Gasteiger partial charge on any atom is -0.493 e. The molecule has 0 radical (unpaired) electrons. The van der Waals surface area contributed by atoms with Crippen LogP contribution in [0.5, 0.6) is 11.5 Å². The normalized spacial score (nSPS) is 22.3. The quantitative estimate of drug-likeness (QED) is 0.836. The number of para-hydroxylation sites is 1. The standard InChI is InChI=1S/C20H26N2O2S/c1-13-6-8-14(9-7-13)12-21-20-22-18-15-4-3-5-16(23-2)19(15)24-11-10-17(18)25-20/h3-5,13-14H,6-12H2,1-2H3,(H,21,22). The summed E-state index contributed by atoms with van der Waals surface area (Å²) in [4.78, 5) is 6.20. The van der Waals surface area contributed by atoms with Crippen LogP contribution in [0.15, 0.2) is 18.2 Å². The van der Waals surface area contributed by atoms with Gasteiger partial charge in [-0.1, -0.05) is 25.8 Å². The van der Waals surface area contributed by atoms with Gasteiger partial charge in [0, 0.05) is 23.4 Å². The van der Waals surface area contributed by atoms with Gasteiger partial charge in [-0.25, -0.2) is 4.98 Å². The van der Waals surface area contributed by atoms with Gasteiger partial charge >= 0.3 is 0 Å². The van der Waals surface area contributed by atoms with Gasteiger partial charge in [-0.05, 0) is 36.8 Å². The summed E-state index contributed by atoms with van der Waals surface area (Å²) in [5.74, 6) is 3.29. The maximum atomic E-state index is 5.94. The minimum absolute atomic E-state index is 0.669. The van der Waals surface area contributed by atoms with Crippen LogP contribution in [-0.4, -0.2) is 25.2 Å². The molecule has 25 heavy (non-hydrogen) atoms.